The number of unbranched alkanes of at least 4 members (excludes halogenated alkanes) is 2. The van der Waals surface area contributed by atoms with Gasteiger partial charge in [-0.05, 0) is 37.3 Å². The maximum Gasteiger partial charge on any atom is 0.223 e. The lowest BCUT2D eigenvalue weighted by Crippen LogP contribution is -2.36. The van der Waals surface area contributed by atoms with Gasteiger partial charge in [0.1, 0.15) is 0 Å². The fourth-order valence-electron chi connectivity index (χ4n) is 2.49. The lowest BCUT2D eigenvalue weighted by molar-refractivity contribution is -0.126. The minimum Gasteiger partial charge on any atom is -0.356 e. The molecule has 0 saturated carbocycles. The number of hydrogen-bond acceptors (Lipinski definition) is 2. The summed E-state index contributed by atoms with van der Waals surface area (Å²) in [5.74, 6) is 0.655. The Morgan fingerprint density at radius 1 is 1.19 bits per heavy atom. The van der Waals surface area contributed by atoms with Crippen molar-refractivity contribution >= 4 is 5.91 Å². The van der Waals surface area contributed by atoms with Gasteiger partial charge in [-0.2, -0.15) is 0 Å². The van der Waals surface area contributed by atoms with Crippen molar-refractivity contribution in [3.8, 4) is 0 Å². The van der Waals surface area contributed by atoms with E-state index in [2.05, 4.69) is 31.3 Å². The van der Waals surface area contributed by atoms with Crippen LogP contribution >= 0.6 is 0 Å². The van der Waals surface area contributed by atoms with Crippen molar-refractivity contribution in [3.05, 3.63) is 35.9 Å². The molecular formula is C18H30N2O. The van der Waals surface area contributed by atoms with Gasteiger partial charge in [-0.15, -0.1) is 0 Å². The Morgan fingerprint density at radius 2 is 1.90 bits per heavy atom. The maximum atomic E-state index is 12.4. The molecule has 0 spiro atoms. The van der Waals surface area contributed by atoms with E-state index in [0.29, 0.717) is 5.92 Å². The summed E-state index contributed by atoms with van der Waals surface area (Å²) in [7, 11) is 0. The van der Waals surface area contributed by atoms with Crippen LogP contribution in [0.25, 0.3) is 0 Å². The van der Waals surface area contributed by atoms with Crippen LogP contribution in [-0.4, -0.2) is 19.0 Å². The number of nitrogens with two attached hydrogens (primary N) is 1. The van der Waals surface area contributed by atoms with Crippen molar-refractivity contribution in [2.45, 2.75) is 46.0 Å². The van der Waals surface area contributed by atoms with Crippen LogP contribution in [-0.2, 0) is 11.2 Å². The van der Waals surface area contributed by atoms with E-state index < -0.39 is 0 Å². The van der Waals surface area contributed by atoms with E-state index >= 15 is 0 Å². The number of hydrogen-bond donors (Lipinski definition) is 2. The molecule has 3 nitrogen and oxygen atoms in total. The molecule has 118 valence electrons. The largest absolute Gasteiger partial charge is 0.356 e. The van der Waals surface area contributed by atoms with Gasteiger partial charge in [0.15, 0.2) is 0 Å². The maximum absolute atomic E-state index is 12.4. The van der Waals surface area contributed by atoms with Crippen LogP contribution in [0.1, 0.15) is 45.1 Å². The zero-order chi connectivity index (χ0) is 15.5. The minimum atomic E-state index is 0.0620. The lowest BCUT2D eigenvalue weighted by Gasteiger charge is -2.22. The van der Waals surface area contributed by atoms with Crippen molar-refractivity contribution in [2.75, 3.05) is 13.1 Å². The predicted molar refractivity (Wildman–Crippen MR) is 89.0 cm³/mol. The summed E-state index contributed by atoms with van der Waals surface area (Å²) in [6.45, 7) is 5.82. The van der Waals surface area contributed by atoms with E-state index in [1.165, 1.54) is 5.56 Å². The summed E-state index contributed by atoms with van der Waals surface area (Å²) >= 11 is 0. The third-order valence-electron chi connectivity index (χ3n) is 4.15. The van der Waals surface area contributed by atoms with Gasteiger partial charge in [0.05, 0.1) is 0 Å². The summed E-state index contributed by atoms with van der Waals surface area (Å²) in [4.78, 5) is 12.4. The molecule has 1 unspecified atom stereocenters. The van der Waals surface area contributed by atoms with Gasteiger partial charge < -0.3 is 11.1 Å². The summed E-state index contributed by atoms with van der Waals surface area (Å²) < 4.78 is 0. The zero-order valence-electron chi connectivity index (χ0n) is 13.5. The Morgan fingerprint density at radius 3 is 2.52 bits per heavy atom. The lowest BCUT2D eigenvalue weighted by atomic mass is 9.85. The van der Waals surface area contributed by atoms with Crippen LogP contribution in [0.4, 0.5) is 0 Å². The molecular weight excluding hydrogens is 260 g/mol. The van der Waals surface area contributed by atoms with Gasteiger partial charge in [-0.3, -0.25) is 4.79 Å². The van der Waals surface area contributed by atoms with E-state index in [0.717, 1.165) is 45.2 Å². The molecule has 1 aromatic rings. The Balaban J connectivity index is 2.50. The molecule has 0 saturated heterocycles. The van der Waals surface area contributed by atoms with Gasteiger partial charge in [0.25, 0.3) is 0 Å². The average molecular weight is 290 g/mol. The van der Waals surface area contributed by atoms with Crippen molar-refractivity contribution < 1.29 is 4.79 Å². The standard InChI is InChI=1S/C18H30N2O/c1-3-15(2)17(14-16-10-6-4-7-11-16)18(21)20-13-9-5-8-12-19/h4,6-7,10-11,15,17H,3,5,8-9,12-14,19H2,1-2H3,(H,20,21)/t15?,17-/m1/s1. The Kier molecular flexibility index (Phi) is 8.76. The monoisotopic (exact) mass is 290 g/mol. The zero-order valence-corrected chi connectivity index (χ0v) is 13.5. The number of carbonyl (C=O) groups excluding carboxylic acids is 1. The molecule has 3 N–H and O–H groups in total. The minimum absolute atomic E-state index is 0.0620. The Labute approximate surface area is 129 Å². The average Bonchev–Trinajstić information content (AvgIpc) is 2.52. The van der Waals surface area contributed by atoms with Gasteiger partial charge in [-0.25, -0.2) is 0 Å². The molecule has 0 aliphatic carbocycles. The molecule has 0 aromatic heterocycles. The van der Waals surface area contributed by atoms with Crippen LogP contribution in [0.5, 0.6) is 0 Å². The number of nitrogens with one attached hydrogen (secondary N) is 1. The number of carbonyl (C=O) groups is 1. The number of benzene rings is 1. The van der Waals surface area contributed by atoms with Gasteiger partial charge in [0, 0.05) is 12.5 Å². The van der Waals surface area contributed by atoms with Gasteiger partial charge in [-0.1, -0.05) is 57.0 Å². The second-order valence-electron chi connectivity index (χ2n) is 5.82. The topological polar surface area (TPSA) is 55.1 Å². The highest BCUT2D eigenvalue weighted by Gasteiger charge is 2.23. The predicted octanol–water partition coefficient (Wildman–Crippen LogP) is 3.14. The summed E-state index contributed by atoms with van der Waals surface area (Å²) in [5.41, 5.74) is 6.71. The smallest absolute Gasteiger partial charge is 0.223 e. The Bertz CT molecular complexity index is 391. The summed E-state index contributed by atoms with van der Waals surface area (Å²) in [6, 6.07) is 10.3. The van der Waals surface area contributed by atoms with E-state index in [9.17, 15) is 4.79 Å². The fraction of sp³-hybridized carbons (Fsp3) is 0.611. The van der Waals surface area contributed by atoms with Crippen LogP contribution in [0.3, 0.4) is 0 Å². The quantitative estimate of drug-likeness (QED) is 0.650. The molecule has 1 aromatic carbocycles. The second-order valence-corrected chi connectivity index (χ2v) is 5.82. The van der Waals surface area contributed by atoms with Crippen LogP contribution in [0.15, 0.2) is 30.3 Å². The SMILES string of the molecule is CCC(C)[C@@H](Cc1ccccc1)C(=O)NCCCCCN. The number of amides is 1. The van der Waals surface area contributed by atoms with E-state index in [1.54, 1.807) is 0 Å². The molecule has 2 atom stereocenters. The molecule has 0 aliphatic heterocycles. The molecule has 0 aliphatic rings. The van der Waals surface area contributed by atoms with E-state index in [1.807, 2.05) is 18.2 Å². The fourth-order valence-corrected chi connectivity index (χ4v) is 2.49. The number of rotatable bonds is 10. The van der Waals surface area contributed by atoms with Crippen molar-refractivity contribution in [2.24, 2.45) is 17.6 Å². The van der Waals surface area contributed by atoms with Gasteiger partial charge >= 0.3 is 0 Å². The molecule has 0 bridgehead atoms. The molecule has 1 rings (SSSR count). The third-order valence-corrected chi connectivity index (χ3v) is 4.15. The molecule has 21 heavy (non-hydrogen) atoms. The summed E-state index contributed by atoms with van der Waals surface area (Å²) in [5, 5.41) is 3.10. The second kappa shape index (κ2) is 10.4. The molecule has 0 radical (unpaired) electrons. The van der Waals surface area contributed by atoms with E-state index in [-0.39, 0.29) is 11.8 Å². The first-order chi connectivity index (χ1) is 10.2. The third kappa shape index (κ3) is 6.76. The first-order valence-electron chi connectivity index (χ1n) is 8.20. The van der Waals surface area contributed by atoms with Crippen molar-refractivity contribution in [1.82, 2.24) is 5.32 Å². The first-order valence-corrected chi connectivity index (χ1v) is 8.20. The molecule has 0 fully saturated rings. The highest BCUT2D eigenvalue weighted by atomic mass is 16.1. The highest BCUT2D eigenvalue weighted by Crippen LogP contribution is 2.20. The van der Waals surface area contributed by atoms with Gasteiger partial charge in [0.2, 0.25) is 5.91 Å². The van der Waals surface area contributed by atoms with Crippen LogP contribution in [0, 0.1) is 11.8 Å². The normalized spacial score (nSPS) is 13.7. The van der Waals surface area contributed by atoms with Crippen molar-refractivity contribution in [1.29, 1.82) is 0 Å². The summed E-state index contributed by atoms with van der Waals surface area (Å²) in [6.07, 6.45) is 4.99. The van der Waals surface area contributed by atoms with Crippen molar-refractivity contribution in [3.63, 3.8) is 0 Å². The molecule has 3 heteroatoms. The van der Waals surface area contributed by atoms with Crippen LogP contribution < -0.4 is 11.1 Å². The Hall–Kier alpha value is -1.35. The van der Waals surface area contributed by atoms with Crippen LogP contribution in [0.2, 0.25) is 0 Å². The molecule has 1 amide bonds. The highest BCUT2D eigenvalue weighted by molar-refractivity contribution is 5.79. The first kappa shape index (κ1) is 17.7. The molecule has 0 heterocycles. The van der Waals surface area contributed by atoms with E-state index in [4.69, 9.17) is 5.73 Å².